The second-order valence-corrected chi connectivity index (χ2v) is 4.04. The fraction of sp³-hybridized carbons (Fsp3) is 0.500. The monoisotopic (exact) mass is 228 g/mol. The molecule has 3 heteroatoms. The predicted octanol–water partition coefficient (Wildman–Crippen LogP) is 3.44. The molecule has 84 valence electrons. The minimum absolute atomic E-state index is 0.212. The highest BCUT2D eigenvalue weighted by Gasteiger charge is 2.01. The van der Waals surface area contributed by atoms with Gasteiger partial charge in [0, 0.05) is 5.88 Å². The average molecular weight is 229 g/mol. The van der Waals surface area contributed by atoms with Gasteiger partial charge in [-0.1, -0.05) is 12.8 Å². The van der Waals surface area contributed by atoms with Gasteiger partial charge in [0.2, 0.25) is 0 Å². The van der Waals surface area contributed by atoms with Gasteiger partial charge in [-0.25, -0.2) is 0 Å². The summed E-state index contributed by atoms with van der Waals surface area (Å²) in [6.07, 6.45) is 5.12. The molecule has 1 aromatic carbocycles. The first-order chi connectivity index (χ1) is 7.24. The zero-order valence-electron chi connectivity index (χ0n) is 8.75. The first-order valence-electron chi connectivity index (χ1n) is 5.31. The molecule has 0 amide bonds. The van der Waals surface area contributed by atoms with Crippen LogP contribution in [0.1, 0.15) is 31.2 Å². The summed E-state index contributed by atoms with van der Waals surface area (Å²) in [5.41, 5.74) is 0.820. The lowest BCUT2D eigenvalue weighted by molar-refractivity contribution is 0.452. The number of aromatic hydroxyl groups is 2. The van der Waals surface area contributed by atoms with Crippen molar-refractivity contribution in [2.24, 2.45) is 0 Å². The summed E-state index contributed by atoms with van der Waals surface area (Å²) >= 11 is 5.57. The summed E-state index contributed by atoms with van der Waals surface area (Å²) in [4.78, 5) is 0. The third-order valence-electron chi connectivity index (χ3n) is 2.39. The number of aryl methyl sites for hydroxylation is 1. The van der Waals surface area contributed by atoms with Crippen molar-refractivity contribution in [3.05, 3.63) is 23.8 Å². The molecule has 0 spiro atoms. The molecule has 0 atom stereocenters. The predicted molar refractivity (Wildman–Crippen MR) is 62.7 cm³/mol. The van der Waals surface area contributed by atoms with Gasteiger partial charge in [0.1, 0.15) is 11.5 Å². The number of alkyl halides is 1. The van der Waals surface area contributed by atoms with Crippen molar-refractivity contribution in [2.75, 3.05) is 5.88 Å². The molecule has 0 aliphatic rings. The maximum absolute atomic E-state index is 9.51. The molecule has 0 saturated heterocycles. The smallest absolute Gasteiger partial charge is 0.119 e. The van der Waals surface area contributed by atoms with E-state index in [0.717, 1.165) is 43.5 Å². The highest BCUT2D eigenvalue weighted by Crippen LogP contribution is 2.23. The average Bonchev–Trinajstić information content (AvgIpc) is 2.23. The molecule has 0 radical (unpaired) electrons. The normalized spacial score (nSPS) is 10.5. The van der Waals surface area contributed by atoms with E-state index in [0.29, 0.717) is 0 Å². The van der Waals surface area contributed by atoms with E-state index in [1.54, 1.807) is 6.07 Å². The molecular formula is C12H17ClO2. The van der Waals surface area contributed by atoms with Crippen LogP contribution in [-0.4, -0.2) is 16.1 Å². The van der Waals surface area contributed by atoms with E-state index in [2.05, 4.69) is 0 Å². The van der Waals surface area contributed by atoms with Gasteiger partial charge in [-0.3, -0.25) is 0 Å². The van der Waals surface area contributed by atoms with Crippen LogP contribution in [0.25, 0.3) is 0 Å². The van der Waals surface area contributed by atoms with Crippen molar-refractivity contribution < 1.29 is 10.2 Å². The van der Waals surface area contributed by atoms with Gasteiger partial charge < -0.3 is 10.2 Å². The maximum Gasteiger partial charge on any atom is 0.119 e. The zero-order valence-corrected chi connectivity index (χ0v) is 9.50. The number of phenols is 2. The Balaban J connectivity index is 2.33. The van der Waals surface area contributed by atoms with E-state index < -0.39 is 0 Å². The van der Waals surface area contributed by atoms with E-state index in [-0.39, 0.29) is 11.5 Å². The van der Waals surface area contributed by atoms with Crippen molar-refractivity contribution >= 4 is 11.6 Å². The molecule has 0 fully saturated rings. The van der Waals surface area contributed by atoms with E-state index in [1.165, 1.54) is 12.1 Å². The maximum atomic E-state index is 9.51. The first kappa shape index (κ1) is 12.2. The fourth-order valence-corrected chi connectivity index (χ4v) is 1.72. The first-order valence-corrected chi connectivity index (χ1v) is 5.84. The summed E-state index contributed by atoms with van der Waals surface area (Å²) in [5.74, 6) is 1.20. The summed E-state index contributed by atoms with van der Waals surface area (Å²) in [6.45, 7) is 0. The number of phenolic OH excluding ortho intramolecular Hbond substituents is 2. The highest BCUT2D eigenvalue weighted by atomic mass is 35.5. The quantitative estimate of drug-likeness (QED) is 0.445. The van der Waals surface area contributed by atoms with Crippen LogP contribution in [0.2, 0.25) is 0 Å². The van der Waals surface area contributed by atoms with E-state index in [1.807, 2.05) is 0 Å². The number of halogens is 1. The Kier molecular flexibility index (Phi) is 5.33. The van der Waals surface area contributed by atoms with Crippen LogP contribution in [0.5, 0.6) is 11.5 Å². The lowest BCUT2D eigenvalue weighted by atomic mass is 10.1. The van der Waals surface area contributed by atoms with Crippen LogP contribution in [0.15, 0.2) is 18.2 Å². The van der Waals surface area contributed by atoms with Crippen LogP contribution in [0.4, 0.5) is 0 Å². The van der Waals surface area contributed by atoms with Gasteiger partial charge in [0.15, 0.2) is 0 Å². The molecule has 2 nitrogen and oxygen atoms in total. The molecule has 0 saturated carbocycles. The van der Waals surface area contributed by atoms with Crippen molar-refractivity contribution in [2.45, 2.75) is 32.1 Å². The molecule has 1 rings (SSSR count). The van der Waals surface area contributed by atoms with Crippen LogP contribution >= 0.6 is 11.6 Å². The Morgan fingerprint density at radius 1 is 1.00 bits per heavy atom. The van der Waals surface area contributed by atoms with E-state index >= 15 is 0 Å². The number of unbranched alkanes of at least 4 members (excludes halogenated alkanes) is 3. The summed E-state index contributed by atoms with van der Waals surface area (Å²) in [5, 5.41) is 18.8. The van der Waals surface area contributed by atoms with Crippen molar-refractivity contribution in [1.82, 2.24) is 0 Å². The highest BCUT2D eigenvalue weighted by molar-refractivity contribution is 6.17. The summed E-state index contributed by atoms with van der Waals surface area (Å²) in [7, 11) is 0. The lowest BCUT2D eigenvalue weighted by Gasteiger charge is -2.04. The van der Waals surface area contributed by atoms with Gasteiger partial charge in [-0.15, -0.1) is 11.6 Å². The van der Waals surface area contributed by atoms with Gasteiger partial charge in [0.25, 0.3) is 0 Å². The summed E-state index contributed by atoms with van der Waals surface area (Å²) in [6, 6.07) is 4.65. The molecule has 0 aliphatic heterocycles. The third kappa shape index (κ3) is 4.43. The number of rotatable bonds is 6. The largest absolute Gasteiger partial charge is 0.508 e. The molecular weight excluding hydrogens is 212 g/mol. The molecule has 0 aliphatic carbocycles. The Bertz CT molecular complexity index is 300. The van der Waals surface area contributed by atoms with Gasteiger partial charge in [-0.2, -0.15) is 0 Å². The Morgan fingerprint density at radius 2 is 1.73 bits per heavy atom. The molecule has 0 aromatic heterocycles. The minimum atomic E-state index is 0.212. The number of hydrogen-bond donors (Lipinski definition) is 2. The van der Waals surface area contributed by atoms with E-state index in [9.17, 15) is 10.2 Å². The molecule has 0 heterocycles. The number of benzene rings is 1. The van der Waals surface area contributed by atoms with Crippen LogP contribution in [0.3, 0.4) is 0 Å². The van der Waals surface area contributed by atoms with Crippen molar-refractivity contribution in [1.29, 1.82) is 0 Å². The van der Waals surface area contributed by atoms with Crippen LogP contribution < -0.4 is 0 Å². The Morgan fingerprint density at radius 3 is 2.47 bits per heavy atom. The van der Waals surface area contributed by atoms with Crippen LogP contribution in [0, 0.1) is 0 Å². The molecule has 0 unspecified atom stereocenters. The SMILES string of the molecule is Oc1ccc(O)c(CCCCCCCl)c1. The molecule has 1 aromatic rings. The Hall–Kier alpha value is -0.890. The molecule has 0 bridgehead atoms. The standard InChI is InChI=1S/C12H17ClO2/c13-8-4-2-1-3-5-10-9-11(14)6-7-12(10)15/h6-7,9,14-15H,1-5,8H2. The van der Waals surface area contributed by atoms with E-state index in [4.69, 9.17) is 11.6 Å². The number of hydrogen-bond acceptors (Lipinski definition) is 2. The Labute approximate surface area is 95.5 Å². The van der Waals surface area contributed by atoms with Crippen molar-refractivity contribution in [3.8, 4) is 11.5 Å². The van der Waals surface area contributed by atoms with Gasteiger partial charge in [0.05, 0.1) is 0 Å². The lowest BCUT2D eigenvalue weighted by Crippen LogP contribution is -1.87. The molecule has 15 heavy (non-hydrogen) atoms. The van der Waals surface area contributed by atoms with Gasteiger partial charge >= 0.3 is 0 Å². The second kappa shape index (κ2) is 6.57. The fourth-order valence-electron chi connectivity index (χ4n) is 1.54. The van der Waals surface area contributed by atoms with Crippen molar-refractivity contribution in [3.63, 3.8) is 0 Å². The minimum Gasteiger partial charge on any atom is -0.508 e. The van der Waals surface area contributed by atoms with Crippen LogP contribution in [-0.2, 0) is 6.42 Å². The topological polar surface area (TPSA) is 40.5 Å². The molecule has 2 N–H and O–H groups in total. The summed E-state index contributed by atoms with van der Waals surface area (Å²) < 4.78 is 0. The second-order valence-electron chi connectivity index (χ2n) is 3.67. The van der Waals surface area contributed by atoms with Gasteiger partial charge in [-0.05, 0) is 43.0 Å². The third-order valence-corrected chi connectivity index (χ3v) is 2.66. The zero-order chi connectivity index (χ0) is 11.1.